The average molecular weight is 297 g/mol. The van der Waals surface area contributed by atoms with Crippen LogP contribution in [0.3, 0.4) is 0 Å². The maximum absolute atomic E-state index is 11.6. The molecule has 0 fully saturated rings. The second-order valence-electron chi connectivity index (χ2n) is 3.29. The first kappa shape index (κ1) is 14.7. The second-order valence-corrected chi connectivity index (χ2v) is 5.30. The predicted molar refractivity (Wildman–Crippen MR) is 72.2 cm³/mol. The number of hydrogen-bond acceptors (Lipinski definition) is 3. The molecule has 3 N–H and O–H groups in total. The number of thioether (sulfide) groups is 1. The fourth-order valence-electron chi connectivity index (χ4n) is 1.13. The zero-order valence-corrected chi connectivity index (χ0v) is 11.5. The SMILES string of the molecule is O=C(NCCSCCCO)c1cc(Cl)c(Cl)[nH]1. The lowest BCUT2D eigenvalue weighted by molar-refractivity contribution is 0.0952. The summed E-state index contributed by atoms with van der Waals surface area (Å²) in [5.74, 6) is 1.49. The number of carbonyl (C=O) groups is 1. The van der Waals surface area contributed by atoms with Crippen LogP contribution in [0.2, 0.25) is 10.2 Å². The molecule has 0 atom stereocenters. The third kappa shape index (κ3) is 5.21. The highest BCUT2D eigenvalue weighted by atomic mass is 35.5. The molecule has 0 spiro atoms. The van der Waals surface area contributed by atoms with Crippen molar-refractivity contribution in [1.29, 1.82) is 0 Å². The predicted octanol–water partition coefficient (Wildman–Crippen LogP) is 2.17. The van der Waals surface area contributed by atoms with Crippen molar-refractivity contribution in [3.63, 3.8) is 0 Å². The van der Waals surface area contributed by atoms with Gasteiger partial charge >= 0.3 is 0 Å². The van der Waals surface area contributed by atoms with Crippen LogP contribution in [0.5, 0.6) is 0 Å². The molecule has 0 bridgehead atoms. The lowest BCUT2D eigenvalue weighted by Crippen LogP contribution is -2.26. The first-order valence-electron chi connectivity index (χ1n) is 5.16. The van der Waals surface area contributed by atoms with Gasteiger partial charge in [0, 0.05) is 18.9 Å². The third-order valence-electron chi connectivity index (χ3n) is 1.95. The Morgan fingerprint density at radius 2 is 2.24 bits per heavy atom. The van der Waals surface area contributed by atoms with Crippen molar-refractivity contribution in [2.24, 2.45) is 0 Å². The van der Waals surface area contributed by atoms with Crippen molar-refractivity contribution < 1.29 is 9.90 Å². The van der Waals surface area contributed by atoms with E-state index in [2.05, 4.69) is 10.3 Å². The van der Waals surface area contributed by atoms with Gasteiger partial charge in [-0.25, -0.2) is 0 Å². The average Bonchev–Trinajstić information content (AvgIpc) is 2.64. The maximum atomic E-state index is 11.6. The van der Waals surface area contributed by atoms with Crippen molar-refractivity contribution in [3.05, 3.63) is 21.9 Å². The standard InChI is InChI=1S/C10H14Cl2N2O2S/c11-7-6-8(14-9(7)12)10(16)13-2-5-17-4-1-3-15/h6,14-15H,1-5H2,(H,13,16). The molecule has 1 aromatic heterocycles. The molecule has 1 aromatic rings. The van der Waals surface area contributed by atoms with Crippen molar-refractivity contribution in [2.75, 3.05) is 24.7 Å². The Kier molecular flexibility index (Phi) is 6.80. The van der Waals surface area contributed by atoms with Gasteiger partial charge in [0.15, 0.2) is 0 Å². The van der Waals surface area contributed by atoms with Crippen molar-refractivity contribution in [3.8, 4) is 0 Å². The second kappa shape index (κ2) is 7.87. The van der Waals surface area contributed by atoms with Gasteiger partial charge in [-0.1, -0.05) is 23.2 Å². The van der Waals surface area contributed by atoms with E-state index < -0.39 is 0 Å². The fraction of sp³-hybridized carbons (Fsp3) is 0.500. The molecule has 17 heavy (non-hydrogen) atoms. The summed E-state index contributed by atoms with van der Waals surface area (Å²) in [6.07, 6.45) is 0.778. The molecule has 1 rings (SSSR count). The Bertz CT molecular complexity index is 352. The highest BCUT2D eigenvalue weighted by Gasteiger charge is 2.10. The summed E-state index contributed by atoms with van der Waals surface area (Å²) < 4.78 is 0. The van der Waals surface area contributed by atoms with E-state index in [-0.39, 0.29) is 17.7 Å². The summed E-state index contributed by atoms with van der Waals surface area (Å²) in [5.41, 5.74) is 0.361. The summed E-state index contributed by atoms with van der Waals surface area (Å²) in [7, 11) is 0. The van der Waals surface area contributed by atoms with Gasteiger partial charge in [-0.15, -0.1) is 0 Å². The molecule has 4 nitrogen and oxygen atoms in total. The minimum absolute atomic E-state index is 0.207. The number of nitrogens with one attached hydrogen (secondary N) is 2. The number of H-pyrrole nitrogens is 1. The third-order valence-corrected chi connectivity index (χ3v) is 3.71. The number of aromatic amines is 1. The van der Waals surface area contributed by atoms with E-state index in [1.165, 1.54) is 6.07 Å². The van der Waals surface area contributed by atoms with Crippen LogP contribution < -0.4 is 5.32 Å². The number of hydrogen-bond donors (Lipinski definition) is 3. The van der Waals surface area contributed by atoms with E-state index in [0.717, 1.165) is 17.9 Å². The summed E-state index contributed by atoms with van der Waals surface area (Å²) in [6, 6.07) is 1.50. The van der Waals surface area contributed by atoms with E-state index in [1.807, 2.05) is 0 Å². The van der Waals surface area contributed by atoms with Crippen LogP contribution >= 0.6 is 35.0 Å². The lowest BCUT2D eigenvalue weighted by Gasteiger charge is -2.03. The minimum atomic E-state index is -0.221. The topological polar surface area (TPSA) is 65.1 Å². The molecule has 7 heteroatoms. The number of halogens is 2. The fourth-order valence-corrected chi connectivity index (χ4v) is 2.22. The summed E-state index contributed by atoms with van der Waals surface area (Å²) in [4.78, 5) is 14.3. The van der Waals surface area contributed by atoms with E-state index in [9.17, 15) is 4.79 Å². The molecule has 0 saturated heterocycles. The Morgan fingerprint density at radius 3 is 2.82 bits per heavy atom. The number of carbonyl (C=O) groups excluding carboxylic acids is 1. The van der Waals surface area contributed by atoms with Gasteiger partial charge in [-0.3, -0.25) is 4.79 Å². The van der Waals surface area contributed by atoms with Crippen molar-refractivity contribution >= 4 is 40.9 Å². The highest BCUT2D eigenvalue weighted by Crippen LogP contribution is 2.21. The molecule has 0 saturated carbocycles. The molecule has 0 aliphatic heterocycles. The smallest absolute Gasteiger partial charge is 0.267 e. The molecule has 0 aliphatic carbocycles. The molecule has 0 aliphatic rings. The summed E-state index contributed by atoms with van der Waals surface area (Å²) in [5, 5.41) is 11.9. The van der Waals surface area contributed by atoms with Gasteiger partial charge in [0.25, 0.3) is 5.91 Å². The van der Waals surface area contributed by atoms with Crippen LogP contribution in [0.25, 0.3) is 0 Å². The maximum Gasteiger partial charge on any atom is 0.267 e. The largest absolute Gasteiger partial charge is 0.396 e. The van der Waals surface area contributed by atoms with Crippen LogP contribution in [0.1, 0.15) is 16.9 Å². The van der Waals surface area contributed by atoms with E-state index in [1.54, 1.807) is 11.8 Å². The monoisotopic (exact) mass is 296 g/mol. The van der Waals surface area contributed by atoms with Gasteiger partial charge in [0.05, 0.1) is 5.02 Å². The first-order chi connectivity index (χ1) is 8.15. The van der Waals surface area contributed by atoms with Crippen LogP contribution in [0.15, 0.2) is 6.07 Å². The molecule has 1 amide bonds. The Labute approximate surface area is 114 Å². The molecule has 0 radical (unpaired) electrons. The number of aliphatic hydroxyl groups is 1. The zero-order chi connectivity index (χ0) is 12.7. The number of amides is 1. The van der Waals surface area contributed by atoms with E-state index >= 15 is 0 Å². The van der Waals surface area contributed by atoms with Gasteiger partial charge in [-0.05, 0) is 18.2 Å². The van der Waals surface area contributed by atoms with Crippen LogP contribution in [0.4, 0.5) is 0 Å². The number of aromatic nitrogens is 1. The number of aliphatic hydroxyl groups excluding tert-OH is 1. The van der Waals surface area contributed by atoms with E-state index in [0.29, 0.717) is 17.3 Å². The van der Waals surface area contributed by atoms with Gasteiger partial charge in [0.2, 0.25) is 0 Å². The van der Waals surface area contributed by atoms with Gasteiger partial charge in [-0.2, -0.15) is 11.8 Å². The van der Waals surface area contributed by atoms with E-state index in [4.69, 9.17) is 28.3 Å². The molecular weight excluding hydrogens is 283 g/mol. The van der Waals surface area contributed by atoms with Crippen LogP contribution in [0, 0.1) is 0 Å². The molecule has 1 heterocycles. The summed E-state index contributed by atoms with van der Waals surface area (Å²) in [6.45, 7) is 0.780. The van der Waals surface area contributed by atoms with Gasteiger partial charge in [0.1, 0.15) is 10.8 Å². The molecule has 96 valence electrons. The number of rotatable bonds is 7. The molecular formula is C10H14Cl2N2O2S. The minimum Gasteiger partial charge on any atom is -0.396 e. The Balaban J connectivity index is 2.21. The van der Waals surface area contributed by atoms with Crippen molar-refractivity contribution in [1.82, 2.24) is 10.3 Å². The van der Waals surface area contributed by atoms with Crippen LogP contribution in [-0.2, 0) is 0 Å². The first-order valence-corrected chi connectivity index (χ1v) is 7.07. The Morgan fingerprint density at radius 1 is 1.47 bits per heavy atom. The Hall–Kier alpha value is -0.360. The summed E-state index contributed by atoms with van der Waals surface area (Å²) >= 11 is 13.1. The van der Waals surface area contributed by atoms with Gasteiger partial charge < -0.3 is 15.4 Å². The highest BCUT2D eigenvalue weighted by molar-refractivity contribution is 7.99. The quantitative estimate of drug-likeness (QED) is 0.676. The normalized spacial score (nSPS) is 10.5. The lowest BCUT2D eigenvalue weighted by atomic mass is 10.4. The molecule has 0 unspecified atom stereocenters. The molecule has 0 aromatic carbocycles. The van der Waals surface area contributed by atoms with Crippen molar-refractivity contribution in [2.45, 2.75) is 6.42 Å². The van der Waals surface area contributed by atoms with Crippen LogP contribution in [-0.4, -0.2) is 40.7 Å². The zero-order valence-electron chi connectivity index (χ0n) is 9.13.